The lowest BCUT2D eigenvalue weighted by Crippen LogP contribution is -2.53. The molecule has 1 heterocycles. The second kappa shape index (κ2) is 6.16. The van der Waals surface area contributed by atoms with Crippen molar-refractivity contribution in [2.45, 2.75) is 30.7 Å². The molecule has 128 valence electrons. The largest absolute Gasteiger partial charge is 0.508 e. The first-order valence-corrected chi connectivity index (χ1v) is 8.87. The number of ketones is 1. The highest BCUT2D eigenvalue weighted by atomic mass is 16.3. The molecule has 2 aromatic carbocycles. The van der Waals surface area contributed by atoms with Crippen LogP contribution in [-0.4, -0.2) is 35.4 Å². The number of piperidine rings is 1. The van der Waals surface area contributed by atoms with Gasteiger partial charge in [0.05, 0.1) is 0 Å². The lowest BCUT2D eigenvalue weighted by Gasteiger charge is -2.50. The fourth-order valence-electron chi connectivity index (χ4n) is 4.38. The summed E-state index contributed by atoms with van der Waals surface area (Å²) in [6, 6.07) is 17.7. The first kappa shape index (κ1) is 16.1. The maximum Gasteiger partial charge on any atom is 0.161 e. The molecule has 2 atom stereocenters. The summed E-state index contributed by atoms with van der Waals surface area (Å²) in [6.07, 6.45) is 4.46. The lowest BCUT2D eigenvalue weighted by atomic mass is 9.61. The summed E-state index contributed by atoms with van der Waals surface area (Å²) in [5.41, 5.74) is 2.94. The molecule has 1 aliphatic heterocycles. The molecule has 3 heteroatoms. The maximum absolute atomic E-state index is 13.1. The van der Waals surface area contributed by atoms with E-state index in [2.05, 4.69) is 24.1 Å². The Hall–Kier alpha value is -2.39. The van der Waals surface area contributed by atoms with E-state index in [1.54, 1.807) is 6.07 Å². The van der Waals surface area contributed by atoms with Crippen LogP contribution in [0, 0.1) is 0 Å². The third kappa shape index (κ3) is 2.89. The molecule has 0 spiro atoms. The number of Topliss-reactive ketones (excluding diaryl/α,β-unsaturated/α-hetero) is 1. The molecule has 1 saturated carbocycles. The Labute approximate surface area is 148 Å². The number of carbonyl (C=O) groups is 1. The van der Waals surface area contributed by atoms with Crippen LogP contribution >= 0.6 is 0 Å². The Kier molecular flexibility index (Phi) is 3.97. The predicted molar refractivity (Wildman–Crippen MR) is 99.5 cm³/mol. The Balaban J connectivity index is 1.74. The van der Waals surface area contributed by atoms with E-state index in [4.69, 9.17) is 0 Å². The van der Waals surface area contributed by atoms with Crippen LogP contribution in [0.5, 0.6) is 5.75 Å². The monoisotopic (exact) mass is 333 g/mol. The molecule has 0 radical (unpaired) electrons. The molecule has 25 heavy (non-hydrogen) atoms. The Morgan fingerprint density at radius 3 is 2.72 bits per heavy atom. The molecular weight excluding hydrogens is 310 g/mol. The smallest absolute Gasteiger partial charge is 0.161 e. The fourth-order valence-corrected chi connectivity index (χ4v) is 4.38. The molecule has 0 unspecified atom stereocenters. The molecular formula is C22H23NO2. The van der Waals surface area contributed by atoms with Crippen LogP contribution in [0.2, 0.25) is 0 Å². The quantitative estimate of drug-likeness (QED) is 0.850. The van der Waals surface area contributed by atoms with E-state index >= 15 is 0 Å². The van der Waals surface area contributed by atoms with Gasteiger partial charge in [-0.3, -0.25) is 9.69 Å². The molecule has 2 fully saturated rings. The number of aromatic hydroxyl groups is 1. The zero-order chi connectivity index (χ0) is 17.4. The van der Waals surface area contributed by atoms with Crippen molar-refractivity contribution >= 4 is 11.9 Å². The number of rotatable bonds is 2. The summed E-state index contributed by atoms with van der Waals surface area (Å²) in [7, 11) is 2.11. The van der Waals surface area contributed by atoms with Crippen LogP contribution in [-0.2, 0) is 10.2 Å². The number of benzene rings is 2. The van der Waals surface area contributed by atoms with E-state index < -0.39 is 0 Å². The molecule has 4 rings (SSSR count). The van der Waals surface area contributed by atoms with Gasteiger partial charge in [0, 0.05) is 23.5 Å². The zero-order valence-corrected chi connectivity index (χ0v) is 14.5. The molecule has 1 N–H and O–H groups in total. The van der Waals surface area contributed by atoms with E-state index in [0.29, 0.717) is 6.42 Å². The number of phenolic OH excluding ortho intramolecular Hbond substituents is 1. The summed E-state index contributed by atoms with van der Waals surface area (Å²) in [6.45, 7) is 0.958. The topological polar surface area (TPSA) is 40.5 Å². The van der Waals surface area contributed by atoms with Crippen molar-refractivity contribution in [2.24, 2.45) is 0 Å². The van der Waals surface area contributed by atoms with E-state index in [-0.39, 0.29) is 23.0 Å². The number of nitrogens with zero attached hydrogens (tertiary/aromatic N) is 1. The summed E-state index contributed by atoms with van der Waals surface area (Å²) in [4.78, 5) is 15.4. The van der Waals surface area contributed by atoms with Crippen molar-refractivity contribution in [3.63, 3.8) is 0 Å². The van der Waals surface area contributed by atoms with Gasteiger partial charge in [0.25, 0.3) is 0 Å². The van der Waals surface area contributed by atoms with Crippen LogP contribution < -0.4 is 0 Å². The Morgan fingerprint density at radius 2 is 1.96 bits per heavy atom. The number of hydrogen-bond acceptors (Lipinski definition) is 3. The summed E-state index contributed by atoms with van der Waals surface area (Å²) in [5.74, 6) is 0.510. The number of fused-ring (bicyclic) bond motifs is 2. The third-order valence-electron chi connectivity index (χ3n) is 5.82. The van der Waals surface area contributed by atoms with Crippen LogP contribution in [0.1, 0.15) is 30.4 Å². The van der Waals surface area contributed by atoms with Crippen molar-refractivity contribution in [1.29, 1.82) is 0 Å². The molecule has 1 aliphatic carbocycles. The van der Waals surface area contributed by atoms with Crippen LogP contribution in [0.3, 0.4) is 0 Å². The van der Waals surface area contributed by atoms with Crippen molar-refractivity contribution in [1.82, 2.24) is 4.90 Å². The normalized spacial score (nSPS) is 28.3. The molecule has 0 aromatic heterocycles. The summed E-state index contributed by atoms with van der Waals surface area (Å²) < 4.78 is 0. The van der Waals surface area contributed by atoms with Gasteiger partial charge in [-0.05, 0) is 55.8 Å². The van der Waals surface area contributed by atoms with E-state index in [0.717, 1.165) is 36.1 Å². The lowest BCUT2D eigenvalue weighted by molar-refractivity contribution is -0.120. The Bertz CT molecular complexity index is 827. The Morgan fingerprint density at radius 1 is 1.16 bits per heavy atom. The van der Waals surface area contributed by atoms with Gasteiger partial charge in [0.15, 0.2) is 5.78 Å². The van der Waals surface area contributed by atoms with Crippen LogP contribution in [0.15, 0.2) is 60.2 Å². The van der Waals surface area contributed by atoms with Gasteiger partial charge in [0.2, 0.25) is 0 Å². The second-order valence-corrected chi connectivity index (χ2v) is 7.39. The van der Waals surface area contributed by atoms with Gasteiger partial charge in [0.1, 0.15) is 5.75 Å². The average Bonchev–Trinajstić information content (AvgIpc) is 2.62. The summed E-state index contributed by atoms with van der Waals surface area (Å²) in [5, 5.41) is 9.90. The highest BCUT2D eigenvalue weighted by Gasteiger charge is 2.48. The highest BCUT2D eigenvalue weighted by Crippen LogP contribution is 2.47. The van der Waals surface area contributed by atoms with Crippen molar-refractivity contribution in [3.05, 3.63) is 71.3 Å². The zero-order valence-electron chi connectivity index (χ0n) is 14.5. The molecule has 1 saturated heterocycles. The first-order valence-electron chi connectivity index (χ1n) is 8.87. The van der Waals surface area contributed by atoms with Crippen LogP contribution in [0.25, 0.3) is 6.08 Å². The number of phenols is 1. The highest BCUT2D eigenvalue weighted by molar-refractivity contribution is 6.02. The fraction of sp³-hybridized carbons (Fsp3) is 0.318. The predicted octanol–water partition coefficient (Wildman–Crippen LogP) is 3.78. The van der Waals surface area contributed by atoms with E-state index in [1.807, 2.05) is 42.5 Å². The third-order valence-corrected chi connectivity index (χ3v) is 5.82. The SMILES string of the molecule is CN1CC[C@]2(c3cccc(O)c3)CC(=O)C(=Cc3ccccc3)[C@@H]1C2. The van der Waals surface area contributed by atoms with Crippen molar-refractivity contribution in [3.8, 4) is 5.75 Å². The number of likely N-dealkylation sites (tertiary alicyclic amines) is 1. The average molecular weight is 333 g/mol. The molecule has 2 aromatic rings. The van der Waals surface area contributed by atoms with Gasteiger partial charge < -0.3 is 5.11 Å². The minimum Gasteiger partial charge on any atom is -0.508 e. The van der Waals surface area contributed by atoms with Crippen molar-refractivity contribution in [2.75, 3.05) is 13.6 Å². The van der Waals surface area contributed by atoms with Gasteiger partial charge >= 0.3 is 0 Å². The van der Waals surface area contributed by atoms with Crippen LogP contribution in [0.4, 0.5) is 0 Å². The van der Waals surface area contributed by atoms with Gasteiger partial charge in [-0.2, -0.15) is 0 Å². The minimum absolute atomic E-state index is 0.137. The number of carbonyl (C=O) groups excluding carboxylic acids is 1. The first-order chi connectivity index (χ1) is 12.1. The van der Waals surface area contributed by atoms with E-state index in [9.17, 15) is 9.90 Å². The van der Waals surface area contributed by atoms with Crippen molar-refractivity contribution < 1.29 is 9.90 Å². The van der Waals surface area contributed by atoms with E-state index in [1.165, 1.54) is 0 Å². The number of hydrogen-bond donors (Lipinski definition) is 1. The summed E-state index contributed by atoms with van der Waals surface area (Å²) >= 11 is 0. The molecule has 3 nitrogen and oxygen atoms in total. The minimum atomic E-state index is -0.152. The maximum atomic E-state index is 13.1. The molecule has 2 bridgehead atoms. The molecule has 0 amide bonds. The van der Waals surface area contributed by atoms with Gasteiger partial charge in [-0.1, -0.05) is 42.5 Å². The second-order valence-electron chi connectivity index (χ2n) is 7.39. The van der Waals surface area contributed by atoms with Gasteiger partial charge in [-0.25, -0.2) is 0 Å². The number of likely N-dealkylation sites (N-methyl/N-ethyl adjacent to an activating group) is 1. The van der Waals surface area contributed by atoms with Gasteiger partial charge in [-0.15, -0.1) is 0 Å². The standard InChI is InChI=1S/C22H23NO2/c1-23-11-10-22(17-8-5-9-18(24)13-17)14-20(23)19(21(25)15-22)12-16-6-3-2-4-7-16/h2-9,12-13,20,24H,10-11,14-15H2,1H3/t20-,22+/m0/s1. The molecule has 2 aliphatic rings.